The smallest absolute Gasteiger partial charge is 0.241 e. The first-order valence-corrected chi connectivity index (χ1v) is 9.79. The summed E-state index contributed by atoms with van der Waals surface area (Å²) in [5.41, 5.74) is 2.33. The molecule has 25 heavy (non-hydrogen) atoms. The van der Waals surface area contributed by atoms with Crippen LogP contribution in [0.2, 0.25) is 0 Å². The molecule has 0 N–H and O–H groups in total. The Morgan fingerprint density at radius 2 is 2.08 bits per heavy atom. The lowest BCUT2D eigenvalue weighted by Gasteiger charge is -2.21. The van der Waals surface area contributed by atoms with Gasteiger partial charge in [-0.3, -0.25) is 4.90 Å². The highest BCUT2D eigenvalue weighted by molar-refractivity contribution is 7.10. The lowest BCUT2D eigenvalue weighted by molar-refractivity contribution is 0.214. The highest BCUT2D eigenvalue weighted by Crippen LogP contribution is 2.35. The van der Waals surface area contributed by atoms with E-state index in [1.807, 2.05) is 11.3 Å². The summed E-state index contributed by atoms with van der Waals surface area (Å²) in [7, 11) is 0. The second-order valence-electron chi connectivity index (χ2n) is 6.93. The summed E-state index contributed by atoms with van der Waals surface area (Å²) in [5.74, 6) is 1.91. The molecule has 1 aromatic carbocycles. The van der Waals surface area contributed by atoms with Crippen LogP contribution in [-0.4, -0.2) is 21.6 Å². The Morgan fingerprint density at radius 1 is 1.24 bits per heavy atom. The van der Waals surface area contributed by atoms with Crippen LogP contribution in [0.4, 0.5) is 0 Å². The zero-order chi connectivity index (χ0) is 17.2. The molecule has 0 amide bonds. The molecule has 0 saturated carbocycles. The lowest BCUT2D eigenvalue weighted by Crippen LogP contribution is -2.22. The van der Waals surface area contributed by atoms with E-state index in [-0.39, 0.29) is 0 Å². The maximum atomic E-state index is 5.52. The van der Waals surface area contributed by atoms with Crippen molar-refractivity contribution in [2.24, 2.45) is 0 Å². The number of hydrogen-bond acceptors (Lipinski definition) is 5. The van der Waals surface area contributed by atoms with Crippen molar-refractivity contribution in [2.75, 3.05) is 6.54 Å². The molecule has 0 radical (unpaired) electrons. The van der Waals surface area contributed by atoms with Crippen LogP contribution in [-0.2, 0) is 6.54 Å². The number of benzene rings is 1. The number of hydrogen-bond donors (Lipinski definition) is 0. The van der Waals surface area contributed by atoms with Gasteiger partial charge in [0.1, 0.15) is 0 Å². The summed E-state index contributed by atoms with van der Waals surface area (Å²) < 4.78 is 5.52. The molecule has 5 heteroatoms. The summed E-state index contributed by atoms with van der Waals surface area (Å²) in [6, 6.07) is 13.3. The van der Waals surface area contributed by atoms with Crippen LogP contribution in [0.25, 0.3) is 11.4 Å². The Balaban J connectivity index is 1.48. The van der Waals surface area contributed by atoms with Gasteiger partial charge in [0, 0.05) is 16.5 Å². The van der Waals surface area contributed by atoms with Gasteiger partial charge in [0.15, 0.2) is 0 Å². The van der Waals surface area contributed by atoms with Crippen LogP contribution in [0.3, 0.4) is 0 Å². The van der Waals surface area contributed by atoms with Gasteiger partial charge in [-0.1, -0.05) is 49.3 Å². The molecule has 1 fully saturated rings. The first kappa shape index (κ1) is 16.5. The molecule has 1 aliphatic rings. The van der Waals surface area contributed by atoms with Gasteiger partial charge >= 0.3 is 0 Å². The Morgan fingerprint density at radius 3 is 2.80 bits per heavy atom. The molecule has 130 valence electrons. The first-order valence-electron chi connectivity index (χ1n) is 8.91. The Labute approximate surface area is 152 Å². The van der Waals surface area contributed by atoms with Crippen molar-refractivity contribution in [3.63, 3.8) is 0 Å². The van der Waals surface area contributed by atoms with E-state index in [2.05, 4.69) is 70.7 Å². The standard InChI is InChI=1S/C20H23N3OS/c1-14(2)15-7-9-16(10-8-15)20-21-19(24-22-20)13-23-11-3-5-17(23)18-6-4-12-25-18/h4,6-10,12,14,17H,3,5,11,13H2,1-2H3/t17-/m0/s1. The van der Waals surface area contributed by atoms with Gasteiger partial charge in [0.2, 0.25) is 11.7 Å². The van der Waals surface area contributed by atoms with Crippen molar-refractivity contribution in [1.29, 1.82) is 0 Å². The van der Waals surface area contributed by atoms with Gasteiger partial charge < -0.3 is 4.52 Å². The van der Waals surface area contributed by atoms with Crippen molar-refractivity contribution in [1.82, 2.24) is 15.0 Å². The third-order valence-corrected chi connectivity index (χ3v) is 5.85. The third kappa shape index (κ3) is 3.53. The van der Waals surface area contributed by atoms with Gasteiger partial charge in [-0.05, 0) is 42.3 Å². The Hall–Kier alpha value is -1.98. The quantitative estimate of drug-likeness (QED) is 0.627. The van der Waals surface area contributed by atoms with Crippen molar-refractivity contribution >= 4 is 11.3 Å². The van der Waals surface area contributed by atoms with Crippen LogP contribution in [0.5, 0.6) is 0 Å². The zero-order valence-electron chi connectivity index (χ0n) is 14.7. The van der Waals surface area contributed by atoms with Crippen molar-refractivity contribution in [3.8, 4) is 11.4 Å². The van der Waals surface area contributed by atoms with Crippen molar-refractivity contribution in [3.05, 3.63) is 58.1 Å². The second-order valence-corrected chi connectivity index (χ2v) is 7.91. The summed E-state index contributed by atoms with van der Waals surface area (Å²) >= 11 is 1.83. The monoisotopic (exact) mass is 353 g/mol. The van der Waals surface area contributed by atoms with Gasteiger partial charge in [-0.25, -0.2) is 0 Å². The number of likely N-dealkylation sites (tertiary alicyclic amines) is 1. The maximum absolute atomic E-state index is 5.52. The van der Waals surface area contributed by atoms with Crippen molar-refractivity contribution in [2.45, 2.75) is 45.2 Å². The minimum atomic E-state index is 0.487. The largest absolute Gasteiger partial charge is 0.338 e. The summed E-state index contributed by atoms with van der Waals surface area (Å²) in [6.45, 7) is 6.20. The van der Waals surface area contributed by atoms with Crippen LogP contribution in [0.1, 0.15) is 55.0 Å². The van der Waals surface area contributed by atoms with Gasteiger partial charge in [0.25, 0.3) is 0 Å². The Bertz CT molecular complexity index is 808. The maximum Gasteiger partial charge on any atom is 0.241 e. The molecule has 4 nitrogen and oxygen atoms in total. The molecule has 4 rings (SSSR count). The lowest BCUT2D eigenvalue weighted by atomic mass is 10.0. The molecule has 0 spiro atoms. The highest BCUT2D eigenvalue weighted by atomic mass is 32.1. The van der Waals surface area contributed by atoms with E-state index in [4.69, 9.17) is 4.52 Å². The van der Waals surface area contributed by atoms with E-state index in [9.17, 15) is 0 Å². The van der Waals surface area contributed by atoms with Gasteiger partial charge in [0.05, 0.1) is 6.54 Å². The second kappa shape index (κ2) is 7.10. The molecular formula is C20H23N3OS. The molecule has 3 aromatic rings. The minimum Gasteiger partial charge on any atom is -0.338 e. The molecule has 2 aromatic heterocycles. The molecule has 0 bridgehead atoms. The van der Waals surface area contributed by atoms with E-state index < -0.39 is 0 Å². The average molecular weight is 353 g/mol. The van der Waals surface area contributed by atoms with Crippen LogP contribution < -0.4 is 0 Å². The molecule has 0 aliphatic carbocycles. The number of thiophene rings is 1. The molecule has 1 atom stereocenters. The topological polar surface area (TPSA) is 42.2 Å². The van der Waals surface area contributed by atoms with E-state index >= 15 is 0 Å². The number of rotatable bonds is 5. The third-order valence-electron chi connectivity index (χ3n) is 4.88. The van der Waals surface area contributed by atoms with Crippen molar-refractivity contribution < 1.29 is 4.52 Å². The summed E-state index contributed by atoms with van der Waals surface area (Å²) in [4.78, 5) is 8.50. The SMILES string of the molecule is CC(C)c1ccc(-c2noc(CN3CCC[C@H]3c3cccs3)n2)cc1. The fourth-order valence-corrected chi connectivity index (χ4v) is 4.34. The van der Waals surface area contributed by atoms with E-state index in [0.29, 0.717) is 23.7 Å². The molecule has 0 unspecified atom stereocenters. The van der Waals surface area contributed by atoms with Gasteiger partial charge in [-0.15, -0.1) is 11.3 Å². The fourth-order valence-electron chi connectivity index (χ4n) is 3.45. The molecule has 1 saturated heterocycles. The van der Waals surface area contributed by atoms with E-state index in [1.165, 1.54) is 23.3 Å². The minimum absolute atomic E-state index is 0.487. The summed E-state index contributed by atoms with van der Waals surface area (Å²) in [5, 5.41) is 6.33. The number of aromatic nitrogens is 2. The predicted molar refractivity (Wildman–Crippen MR) is 101 cm³/mol. The molecule has 3 heterocycles. The predicted octanol–water partition coefficient (Wildman–Crippen LogP) is 5.26. The van der Waals surface area contributed by atoms with E-state index in [0.717, 1.165) is 18.7 Å². The highest BCUT2D eigenvalue weighted by Gasteiger charge is 2.28. The number of nitrogens with zero attached hydrogens (tertiary/aromatic N) is 3. The molecular weight excluding hydrogens is 330 g/mol. The molecule has 1 aliphatic heterocycles. The fraction of sp³-hybridized carbons (Fsp3) is 0.400. The van der Waals surface area contributed by atoms with Crippen LogP contribution in [0, 0.1) is 0 Å². The average Bonchev–Trinajstić information content (AvgIpc) is 3.37. The van der Waals surface area contributed by atoms with Crippen LogP contribution in [0.15, 0.2) is 46.3 Å². The van der Waals surface area contributed by atoms with Crippen LogP contribution >= 0.6 is 11.3 Å². The van der Waals surface area contributed by atoms with E-state index in [1.54, 1.807) is 0 Å². The normalized spacial score (nSPS) is 18.3. The Kier molecular flexibility index (Phi) is 4.68. The van der Waals surface area contributed by atoms with Gasteiger partial charge in [-0.2, -0.15) is 4.98 Å². The zero-order valence-corrected chi connectivity index (χ0v) is 15.5. The summed E-state index contributed by atoms with van der Waals surface area (Å²) in [6.07, 6.45) is 2.43. The first-order chi connectivity index (χ1) is 12.2.